The molecule has 0 N–H and O–H groups in total. The van der Waals surface area contributed by atoms with Crippen molar-refractivity contribution in [1.29, 1.82) is 0 Å². The molecule has 6 rings (SSSR count). The molecule has 0 aromatic heterocycles. The highest BCUT2D eigenvalue weighted by Crippen LogP contribution is 2.59. The quantitative estimate of drug-likeness (QED) is 0.166. The number of nitro groups is 1. The number of rotatable bonds is 8. The normalized spacial score (nSPS) is 14.2. The zero-order chi connectivity index (χ0) is 28.7. The molecular weight excluding hydrogens is 512 g/mol. The Morgan fingerprint density at radius 3 is 1.80 bits per heavy atom. The molecule has 2 aliphatic rings. The second kappa shape index (κ2) is 10.5. The summed E-state index contributed by atoms with van der Waals surface area (Å²) in [4.78, 5) is 18.2. The molecule has 0 amide bonds. The first-order valence-electron chi connectivity index (χ1n) is 14.5. The number of ether oxygens (including phenoxy) is 1. The molecule has 0 unspecified atom stereocenters. The number of non-ortho nitro benzene ring substituents is 1. The molecule has 4 aromatic rings. The van der Waals surface area contributed by atoms with E-state index in [-0.39, 0.29) is 10.6 Å². The predicted molar refractivity (Wildman–Crippen MR) is 166 cm³/mol. The third kappa shape index (κ3) is 4.10. The minimum Gasteiger partial charge on any atom is -0.456 e. The van der Waals surface area contributed by atoms with Crippen molar-refractivity contribution in [1.82, 2.24) is 0 Å². The van der Waals surface area contributed by atoms with Gasteiger partial charge < -0.3 is 19.4 Å². The summed E-state index contributed by atoms with van der Waals surface area (Å²) >= 11 is 0. The Morgan fingerprint density at radius 2 is 1.29 bits per heavy atom. The van der Waals surface area contributed by atoms with E-state index in [9.17, 15) is 10.1 Å². The largest absolute Gasteiger partial charge is 0.456 e. The maximum absolute atomic E-state index is 11.5. The molecule has 7 heteroatoms. The lowest BCUT2D eigenvalue weighted by atomic mass is 9.74. The van der Waals surface area contributed by atoms with Gasteiger partial charge in [-0.15, -0.1) is 0 Å². The molecule has 0 atom stereocenters. The standard InChI is InChI=1S/C34H36N4O3/c1-5-35(6-2)27-17-19-30-32(21-27)41-33-22-28(36(7-3)8-4)18-20-31(33)34(30)29-12-10-9-11-24(29)23-37(34)25-13-15-26(16-14-25)38(39)40/h9-22H,5-8,23H2,1-4H3. The van der Waals surface area contributed by atoms with Crippen molar-refractivity contribution >= 4 is 22.7 Å². The van der Waals surface area contributed by atoms with Gasteiger partial charge in [-0.25, -0.2) is 0 Å². The first kappa shape index (κ1) is 26.7. The molecule has 0 saturated carbocycles. The Morgan fingerprint density at radius 1 is 0.756 bits per heavy atom. The van der Waals surface area contributed by atoms with Crippen LogP contribution in [-0.2, 0) is 12.1 Å². The van der Waals surface area contributed by atoms with Crippen LogP contribution in [0.1, 0.15) is 49.9 Å². The van der Waals surface area contributed by atoms with Crippen LogP contribution in [0.2, 0.25) is 0 Å². The van der Waals surface area contributed by atoms with Gasteiger partial charge in [0.25, 0.3) is 5.69 Å². The van der Waals surface area contributed by atoms with Gasteiger partial charge >= 0.3 is 0 Å². The molecule has 7 nitrogen and oxygen atoms in total. The summed E-state index contributed by atoms with van der Waals surface area (Å²) in [6.07, 6.45) is 0. The SMILES string of the molecule is CCN(CC)c1ccc2c(c1)Oc1cc(N(CC)CC)ccc1C21c2ccccc2CN1c1ccc([N+](=O)[O-])cc1. The number of hydrogen-bond acceptors (Lipinski definition) is 6. The van der Waals surface area contributed by atoms with Crippen molar-refractivity contribution in [2.24, 2.45) is 0 Å². The van der Waals surface area contributed by atoms with Crippen molar-refractivity contribution in [3.8, 4) is 11.5 Å². The van der Waals surface area contributed by atoms with E-state index in [4.69, 9.17) is 4.74 Å². The fourth-order valence-corrected chi connectivity index (χ4v) is 6.69. The van der Waals surface area contributed by atoms with Gasteiger partial charge in [-0.1, -0.05) is 36.4 Å². The molecule has 0 bridgehead atoms. The average Bonchev–Trinajstić information content (AvgIpc) is 3.34. The first-order chi connectivity index (χ1) is 20.0. The van der Waals surface area contributed by atoms with Crippen LogP contribution in [0.3, 0.4) is 0 Å². The molecule has 0 radical (unpaired) electrons. The van der Waals surface area contributed by atoms with E-state index in [0.717, 1.165) is 65.9 Å². The topological polar surface area (TPSA) is 62.1 Å². The number of benzene rings is 4. The molecule has 0 saturated heterocycles. The summed E-state index contributed by atoms with van der Waals surface area (Å²) < 4.78 is 6.80. The van der Waals surface area contributed by atoms with E-state index in [1.54, 1.807) is 12.1 Å². The number of hydrogen-bond donors (Lipinski definition) is 0. The van der Waals surface area contributed by atoms with Gasteiger partial charge in [-0.3, -0.25) is 10.1 Å². The average molecular weight is 549 g/mol. The highest BCUT2D eigenvalue weighted by Gasteiger charge is 2.53. The van der Waals surface area contributed by atoms with E-state index in [1.165, 1.54) is 11.1 Å². The Bertz CT molecular complexity index is 1530. The van der Waals surface area contributed by atoms with Crippen LogP contribution in [0.4, 0.5) is 22.7 Å². The smallest absolute Gasteiger partial charge is 0.269 e. The van der Waals surface area contributed by atoms with Gasteiger partial charge in [0.15, 0.2) is 0 Å². The van der Waals surface area contributed by atoms with Crippen LogP contribution in [0, 0.1) is 10.1 Å². The second-order valence-electron chi connectivity index (χ2n) is 10.5. The lowest BCUT2D eigenvalue weighted by molar-refractivity contribution is -0.384. The third-order valence-corrected chi connectivity index (χ3v) is 8.70. The summed E-state index contributed by atoms with van der Waals surface area (Å²) in [5, 5.41) is 11.5. The summed E-state index contributed by atoms with van der Waals surface area (Å²) in [6, 6.07) is 28.7. The highest BCUT2D eigenvalue weighted by atomic mass is 16.6. The second-order valence-corrected chi connectivity index (χ2v) is 10.5. The predicted octanol–water partition coefficient (Wildman–Crippen LogP) is 7.71. The maximum Gasteiger partial charge on any atom is 0.269 e. The summed E-state index contributed by atoms with van der Waals surface area (Å²) in [7, 11) is 0. The molecule has 2 aliphatic heterocycles. The minimum atomic E-state index is -0.667. The number of nitro benzene ring substituents is 1. The van der Waals surface area contributed by atoms with Gasteiger partial charge in [0.1, 0.15) is 17.0 Å². The lowest BCUT2D eigenvalue weighted by Crippen LogP contribution is -2.45. The van der Waals surface area contributed by atoms with E-state index < -0.39 is 5.54 Å². The van der Waals surface area contributed by atoms with E-state index in [0.29, 0.717) is 6.54 Å². The summed E-state index contributed by atoms with van der Waals surface area (Å²) in [5.74, 6) is 1.67. The Balaban J connectivity index is 1.65. The fourth-order valence-electron chi connectivity index (χ4n) is 6.69. The Kier molecular flexibility index (Phi) is 6.81. The van der Waals surface area contributed by atoms with Crippen LogP contribution in [0.5, 0.6) is 11.5 Å². The van der Waals surface area contributed by atoms with E-state index in [2.05, 4.69) is 103 Å². The van der Waals surface area contributed by atoms with Crippen LogP contribution in [0.15, 0.2) is 84.9 Å². The molecule has 4 aromatic carbocycles. The minimum absolute atomic E-state index is 0.0833. The van der Waals surface area contributed by atoms with Gasteiger partial charge in [0.2, 0.25) is 0 Å². The first-order valence-corrected chi connectivity index (χ1v) is 14.5. The van der Waals surface area contributed by atoms with Crippen LogP contribution < -0.4 is 19.4 Å². The zero-order valence-corrected chi connectivity index (χ0v) is 24.1. The third-order valence-electron chi connectivity index (χ3n) is 8.70. The van der Waals surface area contributed by atoms with E-state index in [1.807, 2.05) is 12.1 Å². The fraction of sp³-hybridized carbons (Fsp3) is 0.294. The summed E-state index contributed by atoms with van der Waals surface area (Å²) in [5.41, 5.74) is 7.16. The van der Waals surface area contributed by atoms with Crippen molar-refractivity contribution in [2.45, 2.75) is 39.8 Å². The maximum atomic E-state index is 11.5. The lowest BCUT2D eigenvalue weighted by Gasteiger charge is -2.46. The molecular formula is C34H36N4O3. The van der Waals surface area contributed by atoms with Gasteiger partial charge in [-0.05, 0) is 63.1 Å². The monoisotopic (exact) mass is 548 g/mol. The van der Waals surface area contributed by atoms with Crippen molar-refractivity contribution in [3.63, 3.8) is 0 Å². The van der Waals surface area contributed by atoms with Gasteiger partial charge in [0.05, 0.1) is 4.92 Å². The van der Waals surface area contributed by atoms with Crippen LogP contribution in [-0.4, -0.2) is 31.1 Å². The number of nitrogens with zero attached hydrogens (tertiary/aromatic N) is 4. The highest BCUT2D eigenvalue weighted by molar-refractivity contribution is 5.76. The van der Waals surface area contributed by atoms with Crippen molar-refractivity contribution < 1.29 is 9.66 Å². The number of anilines is 3. The molecule has 1 spiro atoms. The Hall–Kier alpha value is -4.52. The number of fused-ring (bicyclic) bond motifs is 6. The zero-order valence-electron chi connectivity index (χ0n) is 24.1. The molecule has 0 fully saturated rings. The molecule has 0 aliphatic carbocycles. The van der Waals surface area contributed by atoms with E-state index >= 15 is 0 Å². The molecule has 210 valence electrons. The molecule has 41 heavy (non-hydrogen) atoms. The van der Waals surface area contributed by atoms with Crippen LogP contribution >= 0.6 is 0 Å². The van der Waals surface area contributed by atoms with Crippen LogP contribution in [0.25, 0.3) is 0 Å². The summed E-state index contributed by atoms with van der Waals surface area (Å²) in [6.45, 7) is 13.0. The Labute approximate surface area is 241 Å². The van der Waals surface area contributed by atoms with Gasteiger partial charge in [0, 0.05) is 85.2 Å². The van der Waals surface area contributed by atoms with Crippen molar-refractivity contribution in [2.75, 3.05) is 40.9 Å². The van der Waals surface area contributed by atoms with Crippen molar-refractivity contribution in [3.05, 3.63) is 117 Å². The molecule has 2 heterocycles. The van der Waals surface area contributed by atoms with Gasteiger partial charge in [-0.2, -0.15) is 0 Å².